The Morgan fingerprint density at radius 3 is 2.67 bits per heavy atom. The van der Waals surface area contributed by atoms with Crippen molar-refractivity contribution >= 4 is 5.91 Å². The molecule has 2 saturated heterocycles. The number of amides is 1. The summed E-state index contributed by atoms with van der Waals surface area (Å²) in [7, 11) is 1.62. The number of methoxy groups -OCH3 is 1. The second-order valence-electron chi connectivity index (χ2n) is 7.55. The number of carbonyl (C=O) groups excluding carboxylic acids is 1. The molecule has 3 rings (SSSR count). The van der Waals surface area contributed by atoms with Gasteiger partial charge in [-0.1, -0.05) is 26.0 Å². The minimum absolute atomic E-state index is 0.0664. The highest BCUT2D eigenvalue weighted by molar-refractivity contribution is 5.76. The number of carbonyl (C=O) groups is 1. The lowest BCUT2D eigenvalue weighted by Gasteiger charge is -2.21. The first kappa shape index (κ1) is 20.1. The lowest BCUT2D eigenvalue weighted by atomic mass is 10.1. The molecule has 7 heteroatoms. The average Bonchev–Trinajstić information content (AvgIpc) is 3.17. The van der Waals surface area contributed by atoms with Gasteiger partial charge in [-0.2, -0.15) is 0 Å². The van der Waals surface area contributed by atoms with Gasteiger partial charge < -0.3 is 30.0 Å². The van der Waals surface area contributed by atoms with E-state index < -0.39 is 6.10 Å². The van der Waals surface area contributed by atoms with Crippen LogP contribution < -0.4 is 15.4 Å². The number of aliphatic hydroxyl groups is 1. The first-order valence-corrected chi connectivity index (χ1v) is 9.58. The lowest BCUT2D eigenvalue weighted by Crippen LogP contribution is -2.40. The van der Waals surface area contributed by atoms with Crippen LogP contribution in [0, 0.1) is 0 Å². The van der Waals surface area contributed by atoms with Gasteiger partial charge in [0.25, 0.3) is 0 Å². The molecule has 1 aromatic rings. The monoisotopic (exact) mass is 378 g/mol. The zero-order valence-electron chi connectivity index (χ0n) is 16.2. The van der Waals surface area contributed by atoms with Crippen molar-refractivity contribution in [1.29, 1.82) is 0 Å². The summed E-state index contributed by atoms with van der Waals surface area (Å²) >= 11 is 0. The van der Waals surface area contributed by atoms with Gasteiger partial charge in [0.1, 0.15) is 18.0 Å². The number of hydrogen-bond acceptors (Lipinski definition) is 6. The fraction of sp³-hybridized carbons (Fsp3) is 0.650. The Morgan fingerprint density at radius 1 is 1.30 bits per heavy atom. The highest BCUT2D eigenvalue weighted by atomic mass is 16.6. The Morgan fingerprint density at radius 2 is 2.04 bits per heavy atom. The standard InChI is InChI=1S/C20H30N2O5/c1-12(2)21-11-17-19(24)20-16(27-17)8-15(26-20)9-18(23)22-10-13-4-6-14(25-3)7-5-13/h4-7,12,15-17,19-21,24H,8-11H2,1-3H3,(H,22,23). The zero-order chi connectivity index (χ0) is 19.4. The molecule has 2 fully saturated rings. The fourth-order valence-corrected chi connectivity index (χ4v) is 3.58. The van der Waals surface area contributed by atoms with Crippen LogP contribution in [0.15, 0.2) is 24.3 Å². The minimum Gasteiger partial charge on any atom is -0.497 e. The Hall–Kier alpha value is -1.67. The quantitative estimate of drug-likeness (QED) is 0.625. The minimum atomic E-state index is -0.659. The Balaban J connectivity index is 1.40. The summed E-state index contributed by atoms with van der Waals surface area (Å²) < 4.78 is 17.0. The average molecular weight is 378 g/mol. The molecule has 5 atom stereocenters. The van der Waals surface area contributed by atoms with Crippen LogP contribution in [0.5, 0.6) is 5.75 Å². The summed E-state index contributed by atoms with van der Waals surface area (Å²) in [5.74, 6) is 0.722. The number of rotatable bonds is 8. The number of nitrogens with one attached hydrogen (secondary N) is 2. The van der Waals surface area contributed by atoms with E-state index in [2.05, 4.69) is 24.5 Å². The van der Waals surface area contributed by atoms with Gasteiger partial charge in [0, 0.05) is 25.6 Å². The van der Waals surface area contributed by atoms with E-state index in [9.17, 15) is 9.90 Å². The molecular formula is C20H30N2O5. The molecule has 0 radical (unpaired) electrons. The third-order valence-corrected chi connectivity index (χ3v) is 5.07. The lowest BCUT2D eigenvalue weighted by molar-refractivity contribution is -0.124. The molecule has 5 unspecified atom stereocenters. The Bertz CT molecular complexity index is 621. The molecule has 27 heavy (non-hydrogen) atoms. The molecule has 0 spiro atoms. The fourth-order valence-electron chi connectivity index (χ4n) is 3.58. The van der Waals surface area contributed by atoms with Crippen molar-refractivity contribution in [2.24, 2.45) is 0 Å². The van der Waals surface area contributed by atoms with Gasteiger partial charge in [-0.3, -0.25) is 4.79 Å². The number of benzene rings is 1. The van der Waals surface area contributed by atoms with Gasteiger partial charge >= 0.3 is 0 Å². The van der Waals surface area contributed by atoms with E-state index in [0.29, 0.717) is 25.6 Å². The molecule has 1 amide bonds. The molecule has 0 aromatic heterocycles. The summed E-state index contributed by atoms with van der Waals surface area (Å²) in [5, 5.41) is 16.6. The Labute approximate surface area is 160 Å². The van der Waals surface area contributed by atoms with E-state index >= 15 is 0 Å². The largest absolute Gasteiger partial charge is 0.497 e. The smallest absolute Gasteiger partial charge is 0.222 e. The summed E-state index contributed by atoms with van der Waals surface area (Å²) in [5.41, 5.74) is 1.01. The maximum atomic E-state index is 12.2. The van der Waals surface area contributed by atoms with Crippen LogP contribution in [0.3, 0.4) is 0 Å². The molecule has 150 valence electrons. The van der Waals surface area contributed by atoms with Crippen molar-refractivity contribution in [3.05, 3.63) is 29.8 Å². The van der Waals surface area contributed by atoms with Crippen molar-refractivity contribution in [2.45, 2.75) is 69.8 Å². The molecule has 2 heterocycles. The maximum Gasteiger partial charge on any atom is 0.222 e. The predicted octanol–water partition coefficient (Wildman–Crippen LogP) is 0.985. The molecule has 2 aliphatic heterocycles. The first-order valence-electron chi connectivity index (χ1n) is 9.58. The second-order valence-corrected chi connectivity index (χ2v) is 7.55. The topological polar surface area (TPSA) is 89.1 Å². The number of aliphatic hydroxyl groups excluding tert-OH is 1. The van der Waals surface area contributed by atoms with Crippen molar-refractivity contribution in [1.82, 2.24) is 10.6 Å². The molecule has 0 saturated carbocycles. The third-order valence-electron chi connectivity index (χ3n) is 5.07. The zero-order valence-corrected chi connectivity index (χ0v) is 16.2. The summed E-state index contributed by atoms with van der Waals surface area (Å²) in [6.45, 7) is 5.17. The first-order chi connectivity index (χ1) is 13.0. The summed E-state index contributed by atoms with van der Waals surface area (Å²) in [6, 6.07) is 7.92. The van der Waals surface area contributed by atoms with E-state index in [1.54, 1.807) is 7.11 Å². The highest BCUT2D eigenvalue weighted by Crippen LogP contribution is 2.35. The van der Waals surface area contributed by atoms with Crippen molar-refractivity contribution in [3.63, 3.8) is 0 Å². The molecule has 1 aromatic carbocycles. The van der Waals surface area contributed by atoms with Crippen LogP contribution in [0.25, 0.3) is 0 Å². The maximum absolute atomic E-state index is 12.2. The van der Waals surface area contributed by atoms with Crippen LogP contribution in [-0.2, 0) is 20.8 Å². The number of hydrogen-bond donors (Lipinski definition) is 3. The van der Waals surface area contributed by atoms with Crippen LogP contribution in [0.1, 0.15) is 32.3 Å². The normalized spacial score (nSPS) is 29.7. The third kappa shape index (κ3) is 5.19. The second kappa shape index (κ2) is 9.01. The van der Waals surface area contributed by atoms with Crippen LogP contribution in [-0.4, -0.2) is 61.2 Å². The van der Waals surface area contributed by atoms with Crippen LogP contribution in [0.2, 0.25) is 0 Å². The van der Waals surface area contributed by atoms with Crippen LogP contribution >= 0.6 is 0 Å². The van der Waals surface area contributed by atoms with E-state index in [4.69, 9.17) is 14.2 Å². The molecule has 0 aliphatic carbocycles. The van der Waals surface area contributed by atoms with Gasteiger partial charge in [0.15, 0.2) is 0 Å². The SMILES string of the molecule is COc1ccc(CNC(=O)CC2CC3OC(CNC(C)C)C(O)C3O2)cc1. The molecule has 0 bridgehead atoms. The number of fused-ring (bicyclic) bond motifs is 1. The van der Waals surface area contributed by atoms with Gasteiger partial charge in [0.2, 0.25) is 5.91 Å². The van der Waals surface area contributed by atoms with Gasteiger partial charge in [-0.25, -0.2) is 0 Å². The van der Waals surface area contributed by atoms with Gasteiger partial charge in [-0.15, -0.1) is 0 Å². The highest BCUT2D eigenvalue weighted by Gasteiger charge is 2.50. The van der Waals surface area contributed by atoms with Gasteiger partial charge in [-0.05, 0) is 17.7 Å². The van der Waals surface area contributed by atoms with Crippen molar-refractivity contribution in [2.75, 3.05) is 13.7 Å². The van der Waals surface area contributed by atoms with Gasteiger partial charge in [0.05, 0.1) is 31.8 Å². The van der Waals surface area contributed by atoms with Crippen molar-refractivity contribution in [3.8, 4) is 5.75 Å². The molecule has 7 nitrogen and oxygen atoms in total. The number of ether oxygens (including phenoxy) is 3. The summed E-state index contributed by atoms with van der Waals surface area (Å²) in [6.07, 6.45) is -0.712. The summed E-state index contributed by atoms with van der Waals surface area (Å²) in [4.78, 5) is 12.2. The van der Waals surface area contributed by atoms with E-state index in [0.717, 1.165) is 11.3 Å². The van der Waals surface area contributed by atoms with E-state index in [1.165, 1.54) is 0 Å². The van der Waals surface area contributed by atoms with Crippen LogP contribution in [0.4, 0.5) is 0 Å². The molecule has 3 N–H and O–H groups in total. The Kier molecular flexibility index (Phi) is 6.70. The van der Waals surface area contributed by atoms with E-state index in [-0.39, 0.29) is 36.7 Å². The van der Waals surface area contributed by atoms with Crippen molar-refractivity contribution < 1.29 is 24.1 Å². The predicted molar refractivity (Wildman–Crippen MR) is 101 cm³/mol. The van der Waals surface area contributed by atoms with E-state index in [1.807, 2.05) is 24.3 Å². The molecular weight excluding hydrogens is 348 g/mol. The molecule has 2 aliphatic rings.